The van der Waals surface area contributed by atoms with Gasteiger partial charge in [0, 0.05) is 17.6 Å². The van der Waals surface area contributed by atoms with Crippen LogP contribution in [-0.2, 0) is 4.79 Å². The van der Waals surface area contributed by atoms with Gasteiger partial charge < -0.3 is 15.4 Å². The summed E-state index contributed by atoms with van der Waals surface area (Å²) in [6.45, 7) is 1.97. The van der Waals surface area contributed by atoms with Crippen molar-refractivity contribution in [3.8, 4) is 5.69 Å². The SMILES string of the molecule is CCCCC(Nc1ccc(=O)n(-c2c[nH]c3ncc(F)cc23)n1)C(=O)O. The van der Waals surface area contributed by atoms with Crippen LogP contribution >= 0.6 is 0 Å². The van der Waals surface area contributed by atoms with E-state index in [9.17, 15) is 19.1 Å². The van der Waals surface area contributed by atoms with Gasteiger partial charge in [-0.05, 0) is 18.6 Å². The summed E-state index contributed by atoms with van der Waals surface area (Å²) in [5, 5.41) is 16.7. The van der Waals surface area contributed by atoms with E-state index in [1.165, 1.54) is 24.4 Å². The van der Waals surface area contributed by atoms with Crippen molar-refractivity contribution in [2.75, 3.05) is 5.32 Å². The number of halogens is 1. The third-order valence-electron chi connectivity index (χ3n) is 3.97. The minimum absolute atomic E-state index is 0.242. The molecule has 3 rings (SSSR count). The first-order valence-electron chi connectivity index (χ1n) is 8.22. The second-order valence-electron chi connectivity index (χ2n) is 5.87. The van der Waals surface area contributed by atoms with E-state index in [-0.39, 0.29) is 5.82 Å². The lowest BCUT2D eigenvalue weighted by Gasteiger charge is -2.15. The molecule has 0 aliphatic carbocycles. The second kappa shape index (κ2) is 7.34. The molecule has 3 aromatic rings. The first-order chi connectivity index (χ1) is 12.5. The number of carboxylic acids is 1. The molecule has 0 fully saturated rings. The molecule has 0 spiro atoms. The van der Waals surface area contributed by atoms with Gasteiger partial charge in [-0.25, -0.2) is 14.2 Å². The molecule has 26 heavy (non-hydrogen) atoms. The highest BCUT2D eigenvalue weighted by molar-refractivity contribution is 5.85. The Hall–Kier alpha value is -3.23. The van der Waals surface area contributed by atoms with Gasteiger partial charge in [0.2, 0.25) is 0 Å². The van der Waals surface area contributed by atoms with Gasteiger partial charge in [-0.15, -0.1) is 5.10 Å². The van der Waals surface area contributed by atoms with Crippen LogP contribution in [0.15, 0.2) is 35.4 Å². The van der Waals surface area contributed by atoms with Gasteiger partial charge in [0.1, 0.15) is 23.3 Å². The fraction of sp³-hybridized carbons (Fsp3) is 0.294. The Bertz CT molecular complexity index is 997. The van der Waals surface area contributed by atoms with Gasteiger partial charge in [0.15, 0.2) is 0 Å². The Morgan fingerprint density at radius 3 is 3.00 bits per heavy atom. The number of pyridine rings is 1. The highest BCUT2D eigenvalue weighted by Gasteiger charge is 2.18. The molecule has 0 radical (unpaired) electrons. The Balaban J connectivity index is 1.98. The van der Waals surface area contributed by atoms with Crippen molar-refractivity contribution in [2.45, 2.75) is 32.2 Å². The number of carbonyl (C=O) groups is 1. The predicted molar refractivity (Wildman–Crippen MR) is 94.0 cm³/mol. The Morgan fingerprint density at radius 1 is 1.46 bits per heavy atom. The minimum Gasteiger partial charge on any atom is -0.480 e. The maximum Gasteiger partial charge on any atom is 0.326 e. The lowest BCUT2D eigenvalue weighted by molar-refractivity contribution is -0.138. The fourth-order valence-electron chi connectivity index (χ4n) is 2.64. The Kier molecular flexibility index (Phi) is 4.97. The maximum absolute atomic E-state index is 13.5. The third kappa shape index (κ3) is 3.56. The Morgan fingerprint density at radius 2 is 2.27 bits per heavy atom. The molecule has 3 heterocycles. The molecule has 3 aromatic heterocycles. The molecule has 9 heteroatoms. The minimum atomic E-state index is -0.989. The number of aromatic nitrogens is 4. The van der Waals surface area contributed by atoms with E-state index >= 15 is 0 Å². The zero-order chi connectivity index (χ0) is 18.7. The van der Waals surface area contributed by atoms with Crippen LogP contribution in [0.2, 0.25) is 0 Å². The summed E-state index contributed by atoms with van der Waals surface area (Å²) in [6.07, 6.45) is 4.63. The summed E-state index contributed by atoms with van der Waals surface area (Å²) in [7, 11) is 0. The number of hydrogen-bond acceptors (Lipinski definition) is 5. The van der Waals surface area contributed by atoms with Crippen LogP contribution in [0.4, 0.5) is 10.2 Å². The van der Waals surface area contributed by atoms with Gasteiger partial charge in [-0.2, -0.15) is 4.68 Å². The molecule has 136 valence electrons. The Labute approximate surface area is 147 Å². The first-order valence-corrected chi connectivity index (χ1v) is 8.22. The van der Waals surface area contributed by atoms with Crippen LogP contribution in [0.1, 0.15) is 26.2 Å². The van der Waals surface area contributed by atoms with Gasteiger partial charge in [0.05, 0.1) is 11.9 Å². The van der Waals surface area contributed by atoms with Crippen LogP contribution in [0.3, 0.4) is 0 Å². The number of rotatable bonds is 7. The van der Waals surface area contributed by atoms with Crippen molar-refractivity contribution in [1.29, 1.82) is 0 Å². The van der Waals surface area contributed by atoms with Crippen molar-refractivity contribution in [3.05, 3.63) is 46.8 Å². The lowest BCUT2D eigenvalue weighted by Crippen LogP contribution is -2.31. The smallest absolute Gasteiger partial charge is 0.326 e. The quantitative estimate of drug-likeness (QED) is 0.597. The fourth-order valence-corrected chi connectivity index (χ4v) is 2.64. The zero-order valence-electron chi connectivity index (χ0n) is 14.1. The third-order valence-corrected chi connectivity index (χ3v) is 3.97. The van der Waals surface area contributed by atoms with Crippen LogP contribution in [0, 0.1) is 5.82 Å². The molecule has 1 atom stereocenters. The summed E-state index contributed by atoms with van der Waals surface area (Å²) >= 11 is 0. The number of carboxylic acid groups (broad SMARTS) is 1. The largest absolute Gasteiger partial charge is 0.480 e. The van der Waals surface area contributed by atoms with Crippen LogP contribution in [0.5, 0.6) is 0 Å². The number of aliphatic carboxylic acids is 1. The highest BCUT2D eigenvalue weighted by atomic mass is 19.1. The number of nitrogens with zero attached hydrogens (tertiary/aromatic N) is 3. The number of anilines is 1. The predicted octanol–water partition coefficient (Wildman–Crippen LogP) is 2.30. The first kappa shape index (κ1) is 17.6. The topological polar surface area (TPSA) is 113 Å². The molecule has 0 amide bonds. The number of unbranched alkanes of at least 4 members (excludes halogenated alkanes) is 1. The van der Waals surface area contributed by atoms with E-state index in [1.54, 1.807) is 0 Å². The van der Waals surface area contributed by atoms with Crippen LogP contribution < -0.4 is 10.9 Å². The summed E-state index contributed by atoms with van der Waals surface area (Å²) in [4.78, 5) is 30.4. The molecule has 0 aliphatic heterocycles. The van der Waals surface area contributed by atoms with E-state index in [0.717, 1.165) is 23.7 Å². The number of nitrogens with one attached hydrogen (secondary N) is 2. The summed E-state index contributed by atoms with van der Waals surface area (Å²) in [5.74, 6) is -1.28. The van der Waals surface area contributed by atoms with Crippen molar-refractivity contribution in [1.82, 2.24) is 19.7 Å². The monoisotopic (exact) mass is 359 g/mol. The summed E-state index contributed by atoms with van der Waals surface area (Å²) in [5.41, 5.74) is 0.321. The summed E-state index contributed by atoms with van der Waals surface area (Å²) < 4.78 is 14.6. The number of H-pyrrole nitrogens is 1. The molecular weight excluding hydrogens is 341 g/mol. The lowest BCUT2D eigenvalue weighted by atomic mass is 10.1. The number of aromatic amines is 1. The van der Waals surface area contributed by atoms with E-state index in [4.69, 9.17) is 0 Å². The molecule has 0 aliphatic rings. The molecule has 0 saturated heterocycles. The molecule has 3 N–H and O–H groups in total. The van der Waals surface area contributed by atoms with Crippen molar-refractivity contribution in [3.63, 3.8) is 0 Å². The molecule has 8 nitrogen and oxygen atoms in total. The molecule has 1 unspecified atom stereocenters. The van der Waals surface area contributed by atoms with Crippen molar-refractivity contribution >= 4 is 22.8 Å². The van der Waals surface area contributed by atoms with Gasteiger partial charge in [0.25, 0.3) is 5.56 Å². The molecular formula is C17H18FN5O3. The van der Waals surface area contributed by atoms with Gasteiger partial charge in [-0.3, -0.25) is 4.79 Å². The van der Waals surface area contributed by atoms with Gasteiger partial charge >= 0.3 is 5.97 Å². The maximum atomic E-state index is 13.5. The average molecular weight is 359 g/mol. The van der Waals surface area contributed by atoms with Crippen molar-refractivity contribution in [2.24, 2.45) is 0 Å². The molecule has 0 bridgehead atoms. The van der Waals surface area contributed by atoms with E-state index < -0.39 is 23.4 Å². The van der Waals surface area contributed by atoms with Crippen LogP contribution in [-0.4, -0.2) is 36.9 Å². The van der Waals surface area contributed by atoms with E-state index in [1.807, 2.05) is 6.92 Å². The van der Waals surface area contributed by atoms with Crippen molar-refractivity contribution < 1.29 is 14.3 Å². The highest BCUT2D eigenvalue weighted by Crippen LogP contribution is 2.20. The van der Waals surface area contributed by atoms with E-state index in [2.05, 4.69) is 20.4 Å². The standard InChI is InChI=1S/C17H18FN5O3/c1-2-3-4-12(17(25)26)21-14-5-6-15(24)23(22-14)13-9-20-16-11(13)7-10(18)8-19-16/h5-9,12H,2-4H2,1H3,(H,19,20)(H,21,22)(H,25,26). The van der Waals surface area contributed by atoms with Crippen LogP contribution in [0.25, 0.3) is 16.7 Å². The second-order valence-corrected chi connectivity index (χ2v) is 5.87. The van der Waals surface area contributed by atoms with Gasteiger partial charge in [-0.1, -0.05) is 19.8 Å². The number of fused-ring (bicyclic) bond motifs is 1. The molecule has 0 saturated carbocycles. The summed E-state index contributed by atoms with van der Waals surface area (Å²) in [6, 6.07) is 3.15. The molecule has 0 aromatic carbocycles. The zero-order valence-corrected chi connectivity index (χ0v) is 14.1. The number of hydrogen-bond donors (Lipinski definition) is 3. The average Bonchev–Trinajstić information content (AvgIpc) is 3.02. The van der Waals surface area contributed by atoms with E-state index in [0.29, 0.717) is 23.1 Å². The normalized spacial score (nSPS) is 12.2.